The zero-order valence-corrected chi connectivity index (χ0v) is 18.6. The molecule has 1 amide bonds. The fourth-order valence-electron chi connectivity index (χ4n) is 2.87. The number of methoxy groups -OCH3 is 1. The molecule has 0 spiro atoms. The number of thioether (sulfide) groups is 1. The van der Waals surface area contributed by atoms with Crippen molar-refractivity contribution in [1.82, 2.24) is 4.90 Å². The van der Waals surface area contributed by atoms with E-state index in [1.54, 1.807) is 0 Å². The number of hydrogen-bond donors (Lipinski definition) is 0. The summed E-state index contributed by atoms with van der Waals surface area (Å²) in [6.45, 7) is 2.93. The van der Waals surface area contributed by atoms with E-state index in [1.165, 1.54) is 29.3 Å². The number of amides is 1. The smallest absolute Gasteiger partial charge is 0.305 e. The Morgan fingerprint density at radius 2 is 1.97 bits per heavy atom. The van der Waals surface area contributed by atoms with Gasteiger partial charge in [0, 0.05) is 13.0 Å². The molecule has 0 bridgehead atoms. The molecule has 0 atom stereocenters. The molecule has 0 radical (unpaired) electrons. The van der Waals surface area contributed by atoms with Gasteiger partial charge >= 0.3 is 5.97 Å². The van der Waals surface area contributed by atoms with Crippen LogP contribution in [-0.2, 0) is 20.9 Å². The molecule has 5 nitrogen and oxygen atoms in total. The van der Waals surface area contributed by atoms with E-state index in [0.717, 1.165) is 16.9 Å². The summed E-state index contributed by atoms with van der Waals surface area (Å²) in [6, 6.07) is 15.8. The lowest BCUT2D eigenvalue weighted by atomic mass is 10.1. The van der Waals surface area contributed by atoms with Crippen LogP contribution in [0.1, 0.15) is 29.5 Å². The summed E-state index contributed by atoms with van der Waals surface area (Å²) in [5.74, 6) is 0.303. The largest absolute Gasteiger partial charge is 0.489 e. The van der Waals surface area contributed by atoms with Crippen molar-refractivity contribution < 1.29 is 19.1 Å². The van der Waals surface area contributed by atoms with E-state index in [4.69, 9.17) is 17.0 Å². The van der Waals surface area contributed by atoms with E-state index in [0.29, 0.717) is 28.8 Å². The molecular formula is C23H23NO4S2. The average Bonchev–Trinajstić information content (AvgIpc) is 3.00. The van der Waals surface area contributed by atoms with Crippen LogP contribution in [0.15, 0.2) is 53.4 Å². The lowest BCUT2D eigenvalue weighted by Gasteiger charge is -2.13. The van der Waals surface area contributed by atoms with Crippen molar-refractivity contribution in [3.63, 3.8) is 0 Å². The molecule has 1 heterocycles. The lowest BCUT2D eigenvalue weighted by Crippen LogP contribution is -2.29. The van der Waals surface area contributed by atoms with Gasteiger partial charge in [-0.25, -0.2) is 0 Å². The monoisotopic (exact) mass is 441 g/mol. The van der Waals surface area contributed by atoms with Gasteiger partial charge in [0.15, 0.2) is 0 Å². The van der Waals surface area contributed by atoms with E-state index in [1.807, 2.05) is 42.5 Å². The van der Waals surface area contributed by atoms with E-state index in [2.05, 4.69) is 23.8 Å². The summed E-state index contributed by atoms with van der Waals surface area (Å²) in [6.07, 6.45) is 2.58. The first-order valence-corrected chi connectivity index (χ1v) is 10.8. The van der Waals surface area contributed by atoms with Gasteiger partial charge in [0.2, 0.25) is 0 Å². The number of ether oxygens (including phenoxy) is 2. The second kappa shape index (κ2) is 10.4. The minimum absolute atomic E-state index is 0.138. The minimum Gasteiger partial charge on any atom is -0.489 e. The summed E-state index contributed by atoms with van der Waals surface area (Å²) in [5.41, 5.74) is 3.17. The lowest BCUT2D eigenvalue weighted by molar-refractivity contribution is -0.141. The molecule has 2 aromatic carbocycles. The van der Waals surface area contributed by atoms with Gasteiger partial charge < -0.3 is 9.47 Å². The second-order valence-corrected chi connectivity index (χ2v) is 8.54. The summed E-state index contributed by atoms with van der Waals surface area (Å²) in [7, 11) is 1.35. The van der Waals surface area contributed by atoms with E-state index in [-0.39, 0.29) is 18.3 Å². The molecule has 3 rings (SSSR count). The van der Waals surface area contributed by atoms with E-state index < -0.39 is 0 Å². The highest BCUT2D eigenvalue weighted by atomic mass is 32.2. The van der Waals surface area contributed by atoms with Crippen LogP contribution in [0.4, 0.5) is 0 Å². The molecule has 0 N–H and O–H groups in total. The minimum atomic E-state index is -0.293. The van der Waals surface area contributed by atoms with Crippen LogP contribution in [0, 0.1) is 6.92 Å². The van der Waals surface area contributed by atoms with Crippen LogP contribution in [-0.4, -0.2) is 34.8 Å². The zero-order valence-electron chi connectivity index (χ0n) is 16.9. The second-order valence-electron chi connectivity index (χ2n) is 6.86. The maximum atomic E-state index is 12.7. The third kappa shape index (κ3) is 5.93. The Bertz CT molecular complexity index is 969. The molecule has 1 fully saturated rings. The highest BCUT2D eigenvalue weighted by molar-refractivity contribution is 8.26. The predicted octanol–water partition coefficient (Wildman–Crippen LogP) is 4.73. The third-order valence-corrected chi connectivity index (χ3v) is 5.92. The Morgan fingerprint density at radius 3 is 2.70 bits per heavy atom. The molecule has 2 aromatic rings. The normalized spacial score (nSPS) is 15.0. The Hall–Kier alpha value is -2.64. The van der Waals surface area contributed by atoms with Crippen molar-refractivity contribution in [2.45, 2.75) is 26.4 Å². The van der Waals surface area contributed by atoms with Gasteiger partial charge in [-0.15, -0.1) is 0 Å². The quantitative estimate of drug-likeness (QED) is 0.335. The van der Waals surface area contributed by atoms with Crippen LogP contribution >= 0.6 is 24.0 Å². The number of carbonyl (C=O) groups excluding carboxylic acids is 2. The Morgan fingerprint density at radius 1 is 1.20 bits per heavy atom. The topological polar surface area (TPSA) is 55.8 Å². The standard InChI is InChI=1S/C23H23NO4S2/c1-16-8-10-17(11-9-16)15-28-19-6-3-5-18(13-19)14-20-22(26)24(23(29)30-20)12-4-7-21(25)27-2/h3,5-6,8-11,13-14H,4,7,12,15H2,1-2H3/b20-14+. The van der Waals surface area contributed by atoms with Crippen molar-refractivity contribution >= 4 is 46.3 Å². The Kier molecular flexibility index (Phi) is 7.65. The number of nitrogens with zero attached hydrogens (tertiary/aromatic N) is 1. The maximum absolute atomic E-state index is 12.7. The van der Waals surface area contributed by atoms with E-state index >= 15 is 0 Å². The molecule has 1 aliphatic heterocycles. The SMILES string of the molecule is COC(=O)CCCN1C(=O)/C(=C\c2cccc(OCc3ccc(C)cc3)c2)SC1=S. The molecule has 1 aliphatic rings. The number of hydrogen-bond acceptors (Lipinski definition) is 6. The zero-order chi connectivity index (χ0) is 21.5. The number of esters is 1. The summed E-state index contributed by atoms with van der Waals surface area (Å²) in [5, 5.41) is 0. The fraction of sp³-hybridized carbons (Fsp3) is 0.261. The highest BCUT2D eigenvalue weighted by Gasteiger charge is 2.31. The van der Waals surface area contributed by atoms with Crippen molar-refractivity contribution in [3.05, 3.63) is 70.1 Å². The van der Waals surface area contributed by atoms with Gasteiger partial charge in [0.05, 0.1) is 12.0 Å². The van der Waals surface area contributed by atoms with Crippen LogP contribution in [0.5, 0.6) is 5.75 Å². The maximum Gasteiger partial charge on any atom is 0.305 e. The fourth-order valence-corrected chi connectivity index (χ4v) is 4.18. The van der Waals surface area contributed by atoms with Crippen molar-refractivity contribution in [2.75, 3.05) is 13.7 Å². The highest BCUT2D eigenvalue weighted by Crippen LogP contribution is 2.33. The van der Waals surface area contributed by atoms with Crippen LogP contribution < -0.4 is 4.74 Å². The average molecular weight is 442 g/mol. The number of thiocarbonyl (C=S) groups is 1. The van der Waals surface area contributed by atoms with Crippen molar-refractivity contribution in [2.24, 2.45) is 0 Å². The van der Waals surface area contributed by atoms with Gasteiger partial charge in [-0.2, -0.15) is 0 Å². The molecular weight excluding hydrogens is 418 g/mol. The molecule has 0 aliphatic carbocycles. The first-order valence-electron chi connectivity index (χ1n) is 9.57. The Balaban J connectivity index is 1.62. The van der Waals surface area contributed by atoms with Gasteiger partial charge in [-0.3, -0.25) is 14.5 Å². The van der Waals surface area contributed by atoms with Gasteiger partial charge in [-0.1, -0.05) is 65.9 Å². The molecule has 0 unspecified atom stereocenters. The molecule has 30 heavy (non-hydrogen) atoms. The van der Waals surface area contributed by atoms with Crippen LogP contribution in [0.3, 0.4) is 0 Å². The number of benzene rings is 2. The molecule has 1 saturated heterocycles. The molecule has 7 heteroatoms. The predicted molar refractivity (Wildman–Crippen MR) is 123 cm³/mol. The summed E-state index contributed by atoms with van der Waals surface area (Å²) < 4.78 is 11.0. The van der Waals surface area contributed by atoms with E-state index in [9.17, 15) is 9.59 Å². The molecule has 0 aromatic heterocycles. The third-order valence-electron chi connectivity index (χ3n) is 4.55. The summed E-state index contributed by atoms with van der Waals surface area (Å²) in [4.78, 5) is 26.0. The Labute approximate surface area is 186 Å². The van der Waals surface area contributed by atoms with Crippen molar-refractivity contribution in [3.8, 4) is 5.75 Å². The summed E-state index contributed by atoms with van der Waals surface area (Å²) >= 11 is 6.61. The first kappa shape index (κ1) is 22.1. The number of rotatable bonds is 8. The van der Waals surface area contributed by atoms with Gasteiger partial charge in [0.25, 0.3) is 5.91 Å². The molecule has 0 saturated carbocycles. The van der Waals surface area contributed by atoms with Gasteiger partial charge in [0.1, 0.15) is 16.7 Å². The first-order chi connectivity index (χ1) is 14.5. The van der Waals surface area contributed by atoms with Crippen LogP contribution in [0.2, 0.25) is 0 Å². The van der Waals surface area contributed by atoms with Crippen LogP contribution in [0.25, 0.3) is 6.08 Å². The number of carbonyl (C=O) groups is 2. The number of aryl methyl sites for hydroxylation is 1. The van der Waals surface area contributed by atoms with Gasteiger partial charge in [-0.05, 0) is 42.7 Å². The molecule has 156 valence electrons. The van der Waals surface area contributed by atoms with Crippen molar-refractivity contribution in [1.29, 1.82) is 0 Å².